The summed E-state index contributed by atoms with van der Waals surface area (Å²) in [5.74, 6) is -0.598. The molecule has 2 fully saturated rings. The zero-order chi connectivity index (χ0) is 24.1. The van der Waals surface area contributed by atoms with Crippen LogP contribution in [-0.4, -0.2) is 74.4 Å². The maximum absolute atomic E-state index is 12.9. The number of hydrogen-bond acceptors (Lipinski definition) is 6. The molecule has 3 aromatic heterocycles. The van der Waals surface area contributed by atoms with Crippen LogP contribution >= 0.6 is 0 Å². The number of pyridine rings is 2. The highest BCUT2D eigenvalue weighted by molar-refractivity contribution is 6.05. The van der Waals surface area contributed by atoms with Crippen molar-refractivity contribution in [2.24, 2.45) is 5.41 Å². The lowest BCUT2D eigenvalue weighted by Gasteiger charge is -2.60. The van der Waals surface area contributed by atoms with Gasteiger partial charge in [-0.2, -0.15) is 5.10 Å². The Morgan fingerprint density at radius 1 is 1.26 bits per heavy atom. The number of alkyl halides is 3. The van der Waals surface area contributed by atoms with Gasteiger partial charge >= 0.3 is 12.4 Å². The van der Waals surface area contributed by atoms with E-state index >= 15 is 0 Å². The van der Waals surface area contributed by atoms with Crippen molar-refractivity contribution in [1.29, 1.82) is 0 Å². The molecule has 0 radical (unpaired) electrons. The van der Waals surface area contributed by atoms with Gasteiger partial charge in [0.15, 0.2) is 5.65 Å². The van der Waals surface area contributed by atoms with E-state index < -0.39 is 18.1 Å². The van der Waals surface area contributed by atoms with E-state index in [0.717, 1.165) is 25.1 Å². The summed E-state index contributed by atoms with van der Waals surface area (Å²) >= 11 is 0. The number of nitrogens with one attached hydrogen (secondary N) is 2. The van der Waals surface area contributed by atoms with Gasteiger partial charge in [0.2, 0.25) is 0 Å². The Balaban J connectivity index is 1.14. The zero-order valence-electron chi connectivity index (χ0n) is 18.0. The number of halogens is 3. The number of ether oxygens (including phenoxy) is 1. The number of carbonyl (C=O) groups is 2. The van der Waals surface area contributed by atoms with Gasteiger partial charge < -0.3 is 19.9 Å². The van der Waals surface area contributed by atoms with Gasteiger partial charge in [0.05, 0.1) is 35.2 Å². The number of rotatable bonds is 4. The van der Waals surface area contributed by atoms with Crippen molar-refractivity contribution in [3.05, 3.63) is 42.5 Å². The van der Waals surface area contributed by atoms with E-state index in [2.05, 4.69) is 30.2 Å². The minimum atomic E-state index is -4.85. The number of carbonyl (C=O) groups excluding carboxylic acids is 2. The number of fused-ring (bicyclic) bond motifs is 1. The highest BCUT2D eigenvalue weighted by Gasteiger charge is 2.55. The van der Waals surface area contributed by atoms with Crippen LogP contribution < -0.4 is 10.1 Å². The van der Waals surface area contributed by atoms with Gasteiger partial charge in [-0.05, 0) is 18.9 Å². The van der Waals surface area contributed by atoms with E-state index in [1.807, 2.05) is 0 Å². The highest BCUT2D eigenvalue weighted by atomic mass is 19.4. The molecular formula is C21H20F3N7O3. The maximum atomic E-state index is 12.9. The summed E-state index contributed by atoms with van der Waals surface area (Å²) < 4.78 is 41.0. The monoisotopic (exact) mass is 475 g/mol. The minimum absolute atomic E-state index is 0.0283. The Labute approximate surface area is 191 Å². The summed E-state index contributed by atoms with van der Waals surface area (Å²) in [4.78, 5) is 36.6. The molecule has 3 amide bonds. The van der Waals surface area contributed by atoms with Crippen LogP contribution in [0.2, 0.25) is 0 Å². The van der Waals surface area contributed by atoms with E-state index in [9.17, 15) is 22.8 Å². The normalized spacial score (nSPS) is 17.2. The second-order valence-corrected chi connectivity index (χ2v) is 8.71. The van der Waals surface area contributed by atoms with Crippen molar-refractivity contribution in [3.63, 3.8) is 0 Å². The first-order valence-electron chi connectivity index (χ1n) is 10.4. The first-order valence-corrected chi connectivity index (χ1v) is 10.4. The summed E-state index contributed by atoms with van der Waals surface area (Å²) in [5, 5.41) is 9.91. The van der Waals surface area contributed by atoms with E-state index in [-0.39, 0.29) is 23.1 Å². The maximum Gasteiger partial charge on any atom is 0.573 e. The average molecular weight is 475 g/mol. The fourth-order valence-electron chi connectivity index (χ4n) is 4.64. The lowest BCUT2D eigenvalue weighted by atomic mass is 9.60. The van der Waals surface area contributed by atoms with Crippen molar-refractivity contribution in [1.82, 2.24) is 30.0 Å². The van der Waals surface area contributed by atoms with Crippen LogP contribution in [0.15, 0.2) is 36.9 Å². The first-order chi connectivity index (χ1) is 16.1. The standard InChI is InChI=1S/C21H20F3N7O3/c1-30(19(33)28-12-4-14(8-25-7-12)34-21(22,23)24)13-5-20(6-13)10-31(11-20)18(32)15-2-3-26-17-16(15)9-27-29-17/h2-4,7-9,13H,5-6,10-11H2,1H3,(H,28,33)(H,26,27,29). The topological polar surface area (TPSA) is 116 Å². The third kappa shape index (κ3) is 4.08. The lowest BCUT2D eigenvalue weighted by molar-refractivity contribution is -0.274. The summed E-state index contributed by atoms with van der Waals surface area (Å²) in [6.45, 7) is 1.19. The third-order valence-corrected chi connectivity index (χ3v) is 6.33. The van der Waals surface area contributed by atoms with Gasteiger partial charge in [-0.25, -0.2) is 9.78 Å². The largest absolute Gasteiger partial charge is 0.573 e. The van der Waals surface area contributed by atoms with Gasteiger partial charge in [0, 0.05) is 43.9 Å². The summed E-state index contributed by atoms with van der Waals surface area (Å²) in [5.41, 5.74) is 1.17. The van der Waals surface area contributed by atoms with Crippen LogP contribution in [0.25, 0.3) is 11.0 Å². The Hall–Kier alpha value is -3.90. The van der Waals surface area contributed by atoms with Crippen LogP contribution in [0.1, 0.15) is 23.2 Å². The molecule has 1 aliphatic carbocycles. The number of anilines is 1. The average Bonchev–Trinajstić information content (AvgIpc) is 3.19. The van der Waals surface area contributed by atoms with Gasteiger partial charge in [-0.15, -0.1) is 13.2 Å². The highest BCUT2D eigenvalue weighted by Crippen LogP contribution is 2.50. The molecule has 2 N–H and O–H groups in total. The van der Waals surface area contributed by atoms with Crippen LogP contribution in [0, 0.1) is 5.41 Å². The predicted molar refractivity (Wildman–Crippen MR) is 113 cm³/mol. The van der Waals surface area contributed by atoms with Crippen molar-refractivity contribution in [2.75, 3.05) is 25.5 Å². The van der Waals surface area contributed by atoms with Crippen molar-refractivity contribution < 1.29 is 27.5 Å². The van der Waals surface area contributed by atoms with Gasteiger partial charge in [-0.1, -0.05) is 0 Å². The van der Waals surface area contributed by atoms with Gasteiger partial charge in [-0.3, -0.25) is 14.9 Å². The lowest BCUT2D eigenvalue weighted by Crippen LogP contribution is -2.67. The van der Waals surface area contributed by atoms with Crippen molar-refractivity contribution in [3.8, 4) is 5.75 Å². The Morgan fingerprint density at radius 2 is 2.03 bits per heavy atom. The quantitative estimate of drug-likeness (QED) is 0.599. The number of aromatic nitrogens is 4. The summed E-state index contributed by atoms with van der Waals surface area (Å²) in [7, 11) is 1.63. The number of hydrogen-bond donors (Lipinski definition) is 2. The Morgan fingerprint density at radius 3 is 2.76 bits per heavy atom. The zero-order valence-corrected chi connectivity index (χ0v) is 18.0. The molecule has 0 atom stereocenters. The second-order valence-electron chi connectivity index (χ2n) is 8.71. The van der Waals surface area contributed by atoms with Crippen molar-refractivity contribution in [2.45, 2.75) is 25.2 Å². The van der Waals surface area contributed by atoms with Crippen molar-refractivity contribution >= 4 is 28.7 Å². The van der Waals surface area contributed by atoms with E-state index in [1.54, 1.807) is 30.4 Å². The molecular weight excluding hydrogens is 455 g/mol. The molecule has 34 heavy (non-hydrogen) atoms. The Kier molecular flexibility index (Phi) is 5.06. The molecule has 1 saturated heterocycles. The van der Waals surface area contributed by atoms with Crippen LogP contribution in [-0.2, 0) is 0 Å². The summed E-state index contributed by atoms with van der Waals surface area (Å²) in [6, 6.07) is 2.23. The molecule has 5 rings (SSSR count). The second kappa shape index (κ2) is 7.85. The number of H-pyrrole nitrogens is 1. The molecule has 0 bridgehead atoms. The Bertz CT molecular complexity index is 1250. The SMILES string of the molecule is CN(C(=O)Nc1cncc(OC(F)(F)F)c1)C1CC2(C1)CN(C(=O)c1ccnc3[nH]ncc13)C2. The molecule has 13 heteroatoms. The molecule has 0 unspecified atom stereocenters. The molecule has 3 aromatic rings. The number of likely N-dealkylation sites (tertiary alicyclic amines) is 1. The molecule has 4 heterocycles. The number of amides is 3. The van der Waals surface area contributed by atoms with Crippen LogP contribution in [0.5, 0.6) is 5.75 Å². The minimum Gasteiger partial charge on any atom is -0.404 e. The number of urea groups is 1. The number of aromatic amines is 1. The predicted octanol–water partition coefficient (Wildman–Crippen LogP) is 3.02. The van der Waals surface area contributed by atoms with Gasteiger partial charge in [0.25, 0.3) is 5.91 Å². The smallest absolute Gasteiger partial charge is 0.404 e. The molecule has 2 aliphatic rings. The first kappa shape index (κ1) is 21.9. The molecule has 1 aliphatic heterocycles. The fraction of sp³-hybridized carbons (Fsp3) is 0.381. The molecule has 1 saturated carbocycles. The van der Waals surface area contributed by atoms with Gasteiger partial charge in [0.1, 0.15) is 5.75 Å². The fourth-order valence-corrected chi connectivity index (χ4v) is 4.64. The van der Waals surface area contributed by atoms with E-state index in [4.69, 9.17) is 0 Å². The molecule has 10 nitrogen and oxygen atoms in total. The third-order valence-electron chi connectivity index (χ3n) is 6.33. The molecule has 0 aromatic carbocycles. The van der Waals surface area contributed by atoms with Crippen LogP contribution in [0.3, 0.4) is 0 Å². The molecule has 1 spiro atoms. The number of nitrogens with zero attached hydrogens (tertiary/aromatic N) is 5. The van der Waals surface area contributed by atoms with Crippen LogP contribution in [0.4, 0.5) is 23.7 Å². The molecule has 178 valence electrons. The van der Waals surface area contributed by atoms with E-state index in [0.29, 0.717) is 29.7 Å². The van der Waals surface area contributed by atoms with E-state index in [1.165, 1.54) is 11.1 Å². The summed E-state index contributed by atoms with van der Waals surface area (Å²) in [6.07, 6.45) is 1.91.